The van der Waals surface area contributed by atoms with Crippen molar-refractivity contribution >= 4 is 17.3 Å². The maximum atomic E-state index is 12.8. The lowest BCUT2D eigenvalue weighted by Crippen LogP contribution is -2.46. The molecule has 3 rings (SSSR count). The molecular formula is C16H18F3N5. The molecule has 5 nitrogen and oxygen atoms in total. The molecule has 0 spiro atoms. The summed E-state index contributed by atoms with van der Waals surface area (Å²) in [6.07, 6.45) is -2.82. The number of hydrogen-bond donors (Lipinski definition) is 1. The summed E-state index contributed by atoms with van der Waals surface area (Å²) in [6, 6.07) is 7.34. The van der Waals surface area contributed by atoms with Crippen molar-refractivity contribution in [3.63, 3.8) is 0 Å². The highest BCUT2D eigenvalue weighted by molar-refractivity contribution is 5.53. The Morgan fingerprint density at radius 3 is 2.38 bits per heavy atom. The van der Waals surface area contributed by atoms with Crippen LogP contribution in [0.1, 0.15) is 5.56 Å². The van der Waals surface area contributed by atoms with Crippen molar-refractivity contribution in [2.75, 3.05) is 48.3 Å². The first-order chi connectivity index (χ1) is 11.5. The highest BCUT2D eigenvalue weighted by Crippen LogP contribution is 2.32. The van der Waals surface area contributed by atoms with E-state index in [0.717, 1.165) is 17.7 Å². The minimum absolute atomic E-state index is 0.600. The van der Waals surface area contributed by atoms with Gasteiger partial charge in [-0.2, -0.15) is 13.2 Å². The number of rotatable bonds is 3. The van der Waals surface area contributed by atoms with Crippen LogP contribution < -0.4 is 15.1 Å². The van der Waals surface area contributed by atoms with Gasteiger partial charge in [0.2, 0.25) is 0 Å². The molecule has 0 radical (unpaired) electrons. The lowest BCUT2D eigenvalue weighted by atomic mass is 10.1. The molecule has 1 aromatic carbocycles. The molecular weight excluding hydrogens is 319 g/mol. The number of piperazine rings is 1. The van der Waals surface area contributed by atoms with Crippen molar-refractivity contribution in [2.45, 2.75) is 6.18 Å². The van der Waals surface area contributed by atoms with Gasteiger partial charge in [0.1, 0.15) is 18.0 Å². The fraction of sp³-hybridized carbons (Fsp3) is 0.375. The zero-order valence-corrected chi connectivity index (χ0v) is 13.2. The number of nitrogens with zero attached hydrogens (tertiary/aromatic N) is 4. The number of nitrogens with one attached hydrogen (secondary N) is 1. The Kier molecular flexibility index (Phi) is 4.46. The van der Waals surface area contributed by atoms with E-state index in [2.05, 4.69) is 20.2 Å². The standard InChI is InChI=1S/C16H18F3N5/c1-20-14-10-15(22-11-21-14)24-7-5-23(6-8-24)13-4-2-3-12(9-13)16(17,18)19/h2-4,9-11H,5-8H2,1H3,(H,20,21,22). The molecule has 1 aliphatic rings. The highest BCUT2D eigenvalue weighted by Gasteiger charge is 2.31. The zero-order chi connectivity index (χ0) is 17.2. The van der Waals surface area contributed by atoms with Crippen molar-refractivity contribution in [2.24, 2.45) is 0 Å². The molecule has 24 heavy (non-hydrogen) atoms. The van der Waals surface area contributed by atoms with Crippen molar-refractivity contribution in [3.8, 4) is 0 Å². The van der Waals surface area contributed by atoms with Gasteiger partial charge in [0.15, 0.2) is 0 Å². The third-order valence-corrected chi connectivity index (χ3v) is 4.05. The molecule has 0 aliphatic carbocycles. The van der Waals surface area contributed by atoms with E-state index < -0.39 is 11.7 Å². The molecule has 0 bridgehead atoms. The molecule has 1 aliphatic heterocycles. The number of anilines is 3. The SMILES string of the molecule is CNc1cc(N2CCN(c3cccc(C(F)(F)F)c3)CC2)ncn1. The van der Waals surface area contributed by atoms with E-state index in [9.17, 15) is 13.2 Å². The van der Waals surface area contributed by atoms with Gasteiger partial charge in [-0.3, -0.25) is 0 Å². The smallest absolute Gasteiger partial charge is 0.373 e. The van der Waals surface area contributed by atoms with E-state index in [1.54, 1.807) is 13.1 Å². The Balaban J connectivity index is 1.69. The van der Waals surface area contributed by atoms with Gasteiger partial charge < -0.3 is 15.1 Å². The second-order valence-electron chi connectivity index (χ2n) is 5.53. The first kappa shape index (κ1) is 16.4. The molecule has 1 N–H and O–H groups in total. The second-order valence-corrected chi connectivity index (χ2v) is 5.53. The van der Waals surface area contributed by atoms with Crippen molar-refractivity contribution < 1.29 is 13.2 Å². The van der Waals surface area contributed by atoms with Crippen LogP contribution in [0.3, 0.4) is 0 Å². The van der Waals surface area contributed by atoms with Crippen LogP contribution in [0.4, 0.5) is 30.5 Å². The van der Waals surface area contributed by atoms with Crippen LogP contribution in [0.2, 0.25) is 0 Å². The summed E-state index contributed by atoms with van der Waals surface area (Å²) in [5.41, 5.74) is -0.0139. The summed E-state index contributed by atoms with van der Waals surface area (Å²) in [5.74, 6) is 1.55. The van der Waals surface area contributed by atoms with Crippen LogP contribution >= 0.6 is 0 Å². The Bertz CT molecular complexity index is 696. The summed E-state index contributed by atoms with van der Waals surface area (Å²) in [5, 5.41) is 2.97. The van der Waals surface area contributed by atoms with Crippen molar-refractivity contribution in [3.05, 3.63) is 42.2 Å². The molecule has 2 aromatic rings. The number of alkyl halides is 3. The summed E-state index contributed by atoms with van der Waals surface area (Å²) < 4.78 is 38.5. The van der Waals surface area contributed by atoms with Gasteiger partial charge in [0.05, 0.1) is 5.56 Å². The topological polar surface area (TPSA) is 44.3 Å². The van der Waals surface area contributed by atoms with E-state index in [1.807, 2.05) is 11.0 Å². The molecule has 0 unspecified atom stereocenters. The molecule has 8 heteroatoms. The van der Waals surface area contributed by atoms with Gasteiger partial charge in [0.25, 0.3) is 0 Å². The molecule has 1 aromatic heterocycles. The van der Waals surface area contributed by atoms with Gasteiger partial charge in [-0.1, -0.05) is 6.07 Å². The van der Waals surface area contributed by atoms with Crippen LogP contribution in [-0.4, -0.2) is 43.2 Å². The fourth-order valence-corrected chi connectivity index (χ4v) is 2.73. The van der Waals surface area contributed by atoms with Crippen LogP contribution in [0.25, 0.3) is 0 Å². The third-order valence-electron chi connectivity index (χ3n) is 4.05. The third kappa shape index (κ3) is 3.52. The first-order valence-corrected chi connectivity index (χ1v) is 7.64. The van der Waals surface area contributed by atoms with E-state index in [1.165, 1.54) is 18.5 Å². The van der Waals surface area contributed by atoms with Gasteiger partial charge in [-0.05, 0) is 18.2 Å². The average molecular weight is 337 g/mol. The van der Waals surface area contributed by atoms with E-state index in [-0.39, 0.29) is 0 Å². The van der Waals surface area contributed by atoms with Gasteiger partial charge in [-0.25, -0.2) is 9.97 Å². The number of benzene rings is 1. The minimum Gasteiger partial charge on any atom is -0.373 e. The maximum Gasteiger partial charge on any atom is 0.416 e. The molecule has 2 heterocycles. The van der Waals surface area contributed by atoms with Crippen molar-refractivity contribution in [1.82, 2.24) is 9.97 Å². The Morgan fingerprint density at radius 2 is 1.71 bits per heavy atom. The van der Waals surface area contributed by atoms with E-state index >= 15 is 0 Å². The average Bonchev–Trinajstić information content (AvgIpc) is 2.61. The first-order valence-electron chi connectivity index (χ1n) is 7.64. The van der Waals surface area contributed by atoms with Gasteiger partial charge >= 0.3 is 6.18 Å². The number of halogens is 3. The monoisotopic (exact) mass is 337 g/mol. The van der Waals surface area contributed by atoms with Gasteiger partial charge in [-0.15, -0.1) is 0 Å². The lowest BCUT2D eigenvalue weighted by molar-refractivity contribution is -0.137. The maximum absolute atomic E-state index is 12.8. The number of aromatic nitrogens is 2. The highest BCUT2D eigenvalue weighted by atomic mass is 19.4. The molecule has 0 amide bonds. The summed E-state index contributed by atoms with van der Waals surface area (Å²) in [4.78, 5) is 12.4. The number of hydrogen-bond acceptors (Lipinski definition) is 5. The summed E-state index contributed by atoms with van der Waals surface area (Å²) in [6.45, 7) is 2.66. The largest absolute Gasteiger partial charge is 0.416 e. The Labute approximate surface area is 138 Å². The molecule has 0 saturated carbocycles. The zero-order valence-electron chi connectivity index (χ0n) is 13.2. The van der Waals surface area contributed by atoms with Crippen LogP contribution in [-0.2, 0) is 6.18 Å². The molecule has 128 valence electrons. The predicted octanol–water partition coefficient (Wildman–Crippen LogP) is 2.86. The molecule has 1 fully saturated rings. The fourth-order valence-electron chi connectivity index (χ4n) is 2.73. The summed E-state index contributed by atoms with van der Waals surface area (Å²) in [7, 11) is 1.79. The van der Waals surface area contributed by atoms with Crippen LogP contribution in [0.5, 0.6) is 0 Å². The Hall–Kier alpha value is -2.51. The molecule has 1 saturated heterocycles. The normalized spacial score (nSPS) is 15.5. The van der Waals surface area contributed by atoms with E-state index in [0.29, 0.717) is 31.9 Å². The Morgan fingerprint density at radius 1 is 1.00 bits per heavy atom. The lowest BCUT2D eigenvalue weighted by Gasteiger charge is -2.37. The minimum atomic E-state index is -4.32. The van der Waals surface area contributed by atoms with Crippen LogP contribution in [0.15, 0.2) is 36.7 Å². The molecule has 0 atom stereocenters. The predicted molar refractivity (Wildman–Crippen MR) is 87.4 cm³/mol. The summed E-state index contributed by atoms with van der Waals surface area (Å²) >= 11 is 0. The van der Waals surface area contributed by atoms with Crippen molar-refractivity contribution in [1.29, 1.82) is 0 Å². The van der Waals surface area contributed by atoms with E-state index in [4.69, 9.17) is 0 Å². The van der Waals surface area contributed by atoms with Gasteiger partial charge in [0, 0.05) is 45.0 Å². The second kappa shape index (κ2) is 6.54. The quantitative estimate of drug-likeness (QED) is 0.933. The van der Waals surface area contributed by atoms with Crippen LogP contribution in [0, 0.1) is 0 Å².